The number of pyridine rings is 1. The molecule has 3 nitrogen and oxygen atoms in total. The van der Waals surface area contributed by atoms with Gasteiger partial charge in [-0.25, -0.2) is 0 Å². The van der Waals surface area contributed by atoms with Crippen LogP contribution in [0.4, 0.5) is 26.3 Å². The fourth-order valence-corrected chi connectivity index (χ4v) is 1.33. The molecule has 0 unspecified atom stereocenters. The van der Waals surface area contributed by atoms with E-state index in [1.54, 1.807) is 0 Å². The van der Waals surface area contributed by atoms with Crippen molar-refractivity contribution in [2.75, 3.05) is 0 Å². The lowest BCUT2D eigenvalue weighted by molar-refractivity contribution is -0.276. The molecule has 2 N–H and O–H groups in total. The smallest absolute Gasteiger partial charge is 0.403 e. The molecule has 0 spiro atoms. The second-order valence-electron chi connectivity index (χ2n) is 3.32. The average Bonchev–Trinajstić information content (AvgIpc) is 2.17. The van der Waals surface area contributed by atoms with Crippen molar-refractivity contribution in [1.29, 1.82) is 0 Å². The fourth-order valence-electron chi connectivity index (χ4n) is 1.33. The molecule has 1 aromatic heterocycles. The van der Waals surface area contributed by atoms with Gasteiger partial charge in [-0.2, -0.15) is 13.2 Å². The van der Waals surface area contributed by atoms with E-state index in [4.69, 9.17) is 5.73 Å². The Bertz CT molecular complexity index is 440. The summed E-state index contributed by atoms with van der Waals surface area (Å²) in [6.45, 7) is 0.382. The van der Waals surface area contributed by atoms with E-state index >= 15 is 0 Å². The van der Waals surface area contributed by atoms with E-state index in [1.165, 1.54) is 0 Å². The molecule has 0 saturated heterocycles. The normalized spacial score (nSPS) is 12.7. The maximum atomic E-state index is 12.7. The predicted octanol–water partition coefficient (Wildman–Crippen LogP) is 2.77. The van der Waals surface area contributed by atoms with Gasteiger partial charge in [0.25, 0.3) is 0 Å². The van der Waals surface area contributed by atoms with Crippen LogP contribution in [-0.4, -0.2) is 11.3 Å². The van der Waals surface area contributed by atoms with Crippen LogP contribution in [0.2, 0.25) is 0 Å². The molecule has 0 aliphatic carbocycles. The standard InChI is InChI=1S/C9H8F6N2O/c1-4-7(18-9(13,14)15)6(8(10,11)12)5(2-16)3-17-4/h3H,2,16H2,1H3. The topological polar surface area (TPSA) is 48.1 Å². The number of hydrogen-bond donors (Lipinski definition) is 1. The Labute approximate surface area is 97.6 Å². The highest BCUT2D eigenvalue weighted by Gasteiger charge is 2.42. The third-order valence-electron chi connectivity index (χ3n) is 2.01. The van der Waals surface area contributed by atoms with E-state index in [0.29, 0.717) is 0 Å². The molecule has 0 radical (unpaired) electrons. The second kappa shape index (κ2) is 4.63. The molecule has 1 rings (SSSR count). The molecular weight excluding hydrogens is 266 g/mol. The van der Waals surface area contributed by atoms with E-state index in [9.17, 15) is 26.3 Å². The van der Waals surface area contributed by atoms with Crippen molar-refractivity contribution in [3.8, 4) is 5.75 Å². The maximum absolute atomic E-state index is 12.7. The number of ether oxygens (including phenoxy) is 1. The molecule has 0 aromatic carbocycles. The summed E-state index contributed by atoms with van der Waals surface area (Å²) in [6, 6.07) is 0. The van der Waals surface area contributed by atoms with Gasteiger partial charge in [0.15, 0.2) is 5.75 Å². The summed E-state index contributed by atoms with van der Waals surface area (Å²) in [6.07, 6.45) is -9.47. The lowest BCUT2D eigenvalue weighted by Crippen LogP contribution is -2.23. The second-order valence-corrected chi connectivity index (χ2v) is 3.32. The zero-order valence-electron chi connectivity index (χ0n) is 8.99. The van der Waals surface area contributed by atoms with Crippen molar-refractivity contribution in [2.45, 2.75) is 26.0 Å². The lowest BCUT2D eigenvalue weighted by Gasteiger charge is -2.19. The monoisotopic (exact) mass is 274 g/mol. The van der Waals surface area contributed by atoms with Gasteiger partial charge in [-0.05, 0) is 12.5 Å². The molecular formula is C9H8F6N2O. The van der Waals surface area contributed by atoms with E-state index < -0.39 is 41.7 Å². The van der Waals surface area contributed by atoms with Crippen molar-refractivity contribution in [1.82, 2.24) is 4.98 Å². The van der Waals surface area contributed by atoms with Crippen molar-refractivity contribution in [3.63, 3.8) is 0 Å². The Morgan fingerprint density at radius 2 is 1.78 bits per heavy atom. The summed E-state index contributed by atoms with van der Waals surface area (Å²) in [4.78, 5) is 3.40. The van der Waals surface area contributed by atoms with Crippen molar-refractivity contribution in [3.05, 3.63) is 23.0 Å². The van der Waals surface area contributed by atoms with Gasteiger partial charge in [-0.15, -0.1) is 13.2 Å². The Morgan fingerprint density at radius 1 is 1.22 bits per heavy atom. The van der Waals surface area contributed by atoms with Crippen molar-refractivity contribution < 1.29 is 31.1 Å². The van der Waals surface area contributed by atoms with Crippen LogP contribution in [0.15, 0.2) is 6.20 Å². The highest BCUT2D eigenvalue weighted by atomic mass is 19.4. The summed E-state index contributed by atoms with van der Waals surface area (Å²) in [7, 11) is 0. The van der Waals surface area contributed by atoms with Crippen molar-refractivity contribution in [2.24, 2.45) is 5.73 Å². The van der Waals surface area contributed by atoms with E-state index in [2.05, 4.69) is 9.72 Å². The predicted molar refractivity (Wildman–Crippen MR) is 48.6 cm³/mol. The van der Waals surface area contributed by atoms with Crippen LogP contribution < -0.4 is 10.5 Å². The first kappa shape index (κ1) is 14.6. The van der Waals surface area contributed by atoms with Crippen LogP contribution in [0.1, 0.15) is 16.8 Å². The van der Waals surface area contributed by atoms with E-state index in [0.717, 1.165) is 13.1 Å². The Kier molecular flexibility index (Phi) is 3.75. The maximum Gasteiger partial charge on any atom is 0.573 e. The summed E-state index contributed by atoms with van der Waals surface area (Å²) in [5, 5.41) is 0. The molecule has 0 aliphatic heterocycles. The van der Waals surface area contributed by atoms with Gasteiger partial charge < -0.3 is 10.5 Å². The number of nitrogens with zero attached hydrogens (tertiary/aromatic N) is 1. The summed E-state index contributed by atoms with van der Waals surface area (Å²) in [5.74, 6) is -1.36. The summed E-state index contributed by atoms with van der Waals surface area (Å²) >= 11 is 0. The number of rotatable bonds is 2. The van der Waals surface area contributed by atoms with Gasteiger partial charge in [-0.1, -0.05) is 0 Å². The first-order valence-electron chi connectivity index (χ1n) is 4.57. The van der Waals surface area contributed by atoms with E-state index in [1.807, 2.05) is 0 Å². The van der Waals surface area contributed by atoms with Crippen LogP contribution in [0.25, 0.3) is 0 Å². The van der Waals surface area contributed by atoms with Crippen LogP contribution in [-0.2, 0) is 12.7 Å². The number of halogens is 6. The minimum absolute atomic E-state index is 0.517. The highest BCUT2D eigenvalue weighted by molar-refractivity contribution is 5.44. The largest absolute Gasteiger partial charge is 0.573 e. The van der Waals surface area contributed by atoms with E-state index in [-0.39, 0.29) is 0 Å². The Morgan fingerprint density at radius 3 is 2.17 bits per heavy atom. The van der Waals surface area contributed by atoms with Gasteiger partial charge in [0, 0.05) is 12.7 Å². The number of aromatic nitrogens is 1. The molecule has 1 aromatic rings. The minimum Gasteiger partial charge on any atom is -0.403 e. The SMILES string of the molecule is Cc1ncc(CN)c(C(F)(F)F)c1OC(F)(F)F. The van der Waals surface area contributed by atoms with Gasteiger partial charge in [0.1, 0.15) is 5.56 Å². The Hall–Kier alpha value is -1.51. The molecule has 18 heavy (non-hydrogen) atoms. The van der Waals surface area contributed by atoms with Gasteiger partial charge in [0.05, 0.1) is 5.69 Å². The number of alkyl halides is 6. The molecule has 0 aliphatic rings. The van der Waals surface area contributed by atoms with Crippen LogP contribution in [0.5, 0.6) is 5.75 Å². The molecule has 9 heteroatoms. The zero-order chi connectivity index (χ0) is 14.1. The Balaban J connectivity index is 3.46. The molecule has 0 fully saturated rings. The summed E-state index contributed by atoms with van der Waals surface area (Å²) in [5.41, 5.74) is 2.43. The van der Waals surface area contributed by atoms with Gasteiger partial charge >= 0.3 is 12.5 Å². The quantitative estimate of drug-likeness (QED) is 0.843. The lowest BCUT2D eigenvalue weighted by atomic mass is 10.1. The molecule has 0 saturated carbocycles. The third-order valence-corrected chi connectivity index (χ3v) is 2.01. The molecule has 0 atom stereocenters. The minimum atomic E-state index is -5.24. The number of nitrogens with two attached hydrogens (primary N) is 1. The number of hydrogen-bond acceptors (Lipinski definition) is 3. The van der Waals surface area contributed by atoms with Gasteiger partial charge in [-0.3, -0.25) is 4.98 Å². The van der Waals surface area contributed by atoms with Crippen LogP contribution >= 0.6 is 0 Å². The van der Waals surface area contributed by atoms with Crippen LogP contribution in [0.3, 0.4) is 0 Å². The third kappa shape index (κ3) is 3.25. The van der Waals surface area contributed by atoms with Crippen LogP contribution in [0, 0.1) is 6.92 Å². The summed E-state index contributed by atoms with van der Waals surface area (Å²) < 4.78 is 77.8. The average molecular weight is 274 g/mol. The zero-order valence-corrected chi connectivity index (χ0v) is 8.99. The van der Waals surface area contributed by atoms with Crippen molar-refractivity contribution >= 4 is 0 Å². The molecule has 102 valence electrons. The fraction of sp³-hybridized carbons (Fsp3) is 0.444. The first-order valence-corrected chi connectivity index (χ1v) is 4.57. The molecule has 1 heterocycles. The van der Waals surface area contributed by atoms with Gasteiger partial charge in [0.2, 0.25) is 0 Å². The highest BCUT2D eigenvalue weighted by Crippen LogP contribution is 2.41. The molecule has 0 amide bonds. The number of aryl methyl sites for hydroxylation is 1. The first-order chi connectivity index (χ1) is 8.06. The molecule has 0 bridgehead atoms.